The van der Waals surface area contributed by atoms with Crippen LogP contribution in [0.2, 0.25) is 0 Å². The minimum atomic E-state index is -1.49. The maximum absolute atomic E-state index is 16.1. The molecule has 1 aromatic carbocycles. The number of carbonyl (C=O) groups excluding carboxylic acids is 1. The molecule has 1 fully saturated rings. The van der Waals surface area contributed by atoms with E-state index in [4.69, 9.17) is 4.74 Å². The monoisotopic (exact) mass is 512 g/mol. The van der Waals surface area contributed by atoms with Gasteiger partial charge in [-0.2, -0.15) is 0 Å². The number of alkyl halides is 1. The van der Waals surface area contributed by atoms with Crippen molar-refractivity contribution in [3.8, 4) is 5.75 Å². The van der Waals surface area contributed by atoms with Gasteiger partial charge in [-0.3, -0.25) is 14.7 Å². The summed E-state index contributed by atoms with van der Waals surface area (Å²) in [6, 6.07) is 4.66. The Bertz CT molecular complexity index is 1380. The molecule has 37 heavy (non-hydrogen) atoms. The summed E-state index contributed by atoms with van der Waals surface area (Å²) >= 11 is 0. The summed E-state index contributed by atoms with van der Waals surface area (Å²) in [6.45, 7) is 3.59. The third kappa shape index (κ3) is 4.60. The lowest BCUT2D eigenvalue weighted by molar-refractivity contribution is 0.0645. The number of amides is 1. The maximum atomic E-state index is 16.1. The SMILES string of the molecule is COC(=O)Nc1cc(N2C=C(c3cnc4cc(OC)c(C5(F)CCN(C)CC5)cn34)CN2)c(C)cc1F. The smallest absolute Gasteiger partial charge is 0.411 e. The number of hydrogen-bond acceptors (Lipinski definition) is 7. The van der Waals surface area contributed by atoms with E-state index in [1.807, 2.05) is 17.6 Å². The van der Waals surface area contributed by atoms with Crippen molar-refractivity contribution in [2.75, 3.05) is 51.2 Å². The van der Waals surface area contributed by atoms with E-state index in [0.717, 1.165) is 11.3 Å². The lowest BCUT2D eigenvalue weighted by Crippen LogP contribution is -2.38. The number of pyridine rings is 1. The fourth-order valence-electron chi connectivity index (χ4n) is 4.90. The molecule has 196 valence electrons. The largest absolute Gasteiger partial charge is 0.496 e. The predicted octanol–water partition coefficient (Wildman–Crippen LogP) is 4.22. The van der Waals surface area contributed by atoms with E-state index in [-0.39, 0.29) is 5.69 Å². The second-order valence-electron chi connectivity index (χ2n) is 9.49. The summed E-state index contributed by atoms with van der Waals surface area (Å²) in [5.74, 6) is -0.0724. The van der Waals surface area contributed by atoms with Gasteiger partial charge in [0.05, 0.1) is 37.5 Å². The Morgan fingerprint density at radius 3 is 2.68 bits per heavy atom. The molecule has 1 amide bonds. The molecule has 1 saturated heterocycles. The van der Waals surface area contributed by atoms with Gasteiger partial charge in [0.2, 0.25) is 0 Å². The number of nitrogens with one attached hydrogen (secondary N) is 2. The lowest BCUT2D eigenvalue weighted by Gasteiger charge is -2.35. The lowest BCUT2D eigenvalue weighted by atomic mass is 9.86. The number of benzene rings is 1. The first-order valence-corrected chi connectivity index (χ1v) is 12.0. The number of anilines is 2. The number of fused-ring (bicyclic) bond motifs is 1. The van der Waals surface area contributed by atoms with E-state index in [1.165, 1.54) is 13.2 Å². The number of halogens is 2. The standard InChI is InChI=1S/C26H30F2N6O3/c1-16-9-19(27)20(31-25(35)37-4)10-21(16)34-14-17(12-30-34)22-13-29-24-11-23(36-3)18(15-33(22)24)26(28)5-7-32(2)8-6-26/h9-11,13-15,30H,5-8,12H2,1-4H3,(H,31,35). The van der Waals surface area contributed by atoms with Crippen LogP contribution < -0.4 is 20.5 Å². The van der Waals surface area contributed by atoms with Crippen molar-refractivity contribution in [1.82, 2.24) is 19.7 Å². The number of nitrogens with zero attached hydrogens (tertiary/aromatic N) is 4. The van der Waals surface area contributed by atoms with Crippen LogP contribution in [0, 0.1) is 12.7 Å². The van der Waals surface area contributed by atoms with Gasteiger partial charge >= 0.3 is 6.09 Å². The first-order valence-electron chi connectivity index (χ1n) is 12.0. The molecule has 2 N–H and O–H groups in total. The van der Waals surface area contributed by atoms with Gasteiger partial charge < -0.3 is 14.4 Å². The highest BCUT2D eigenvalue weighted by atomic mass is 19.1. The summed E-state index contributed by atoms with van der Waals surface area (Å²) in [5, 5.41) is 4.16. The van der Waals surface area contributed by atoms with Crippen LogP contribution in [0.5, 0.6) is 5.75 Å². The Morgan fingerprint density at radius 2 is 1.97 bits per heavy atom. The van der Waals surface area contributed by atoms with E-state index in [1.54, 1.807) is 43.6 Å². The second kappa shape index (κ2) is 9.64. The van der Waals surface area contributed by atoms with Crippen molar-refractivity contribution in [2.45, 2.75) is 25.4 Å². The van der Waals surface area contributed by atoms with E-state index >= 15 is 4.39 Å². The molecule has 2 aromatic heterocycles. The Kier molecular flexibility index (Phi) is 6.50. The van der Waals surface area contributed by atoms with Gasteiger partial charge in [0.1, 0.15) is 22.9 Å². The average Bonchev–Trinajstić information content (AvgIpc) is 3.53. The van der Waals surface area contributed by atoms with Gasteiger partial charge in [-0.15, -0.1) is 0 Å². The summed E-state index contributed by atoms with van der Waals surface area (Å²) in [7, 11) is 4.76. The molecule has 0 unspecified atom stereocenters. The van der Waals surface area contributed by atoms with Crippen LogP contribution >= 0.6 is 0 Å². The zero-order valence-electron chi connectivity index (χ0n) is 21.3. The van der Waals surface area contributed by atoms with Crippen molar-refractivity contribution in [1.29, 1.82) is 0 Å². The summed E-state index contributed by atoms with van der Waals surface area (Å²) in [4.78, 5) is 18.3. The first kappa shape index (κ1) is 25.0. The number of ether oxygens (including phenoxy) is 2. The van der Waals surface area contributed by atoms with Gasteiger partial charge in [0.25, 0.3) is 0 Å². The molecule has 3 aromatic rings. The molecule has 0 saturated carbocycles. The molecule has 5 rings (SSSR count). The number of imidazole rings is 1. The fourth-order valence-corrected chi connectivity index (χ4v) is 4.90. The van der Waals surface area contributed by atoms with Crippen LogP contribution in [0.15, 0.2) is 36.8 Å². The van der Waals surface area contributed by atoms with Crippen LogP contribution in [-0.4, -0.2) is 61.3 Å². The number of aryl methyl sites for hydroxylation is 1. The third-order valence-electron chi connectivity index (χ3n) is 7.11. The molecule has 0 aliphatic carbocycles. The summed E-state index contributed by atoms with van der Waals surface area (Å²) in [5.41, 5.74) is 6.00. The number of aromatic nitrogens is 2. The van der Waals surface area contributed by atoms with Crippen molar-refractivity contribution < 1.29 is 23.0 Å². The Hall–Kier alpha value is -3.70. The van der Waals surface area contributed by atoms with E-state index in [9.17, 15) is 9.18 Å². The predicted molar refractivity (Wildman–Crippen MR) is 137 cm³/mol. The van der Waals surface area contributed by atoms with Gasteiger partial charge in [-0.25, -0.2) is 24.0 Å². The number of likely N-dealkylation sites (tertiary alicyclic amines) is 1. The van der Waals surface area contributed by atoms with Crippen LogP contribution in [0.3, 0.4) is 0 Å². The summed E-state index contributed by atoms with van der Waals surface area (Å²) in [6.07, 6.45) is 5.45. The normalized spacial score (nSPS) is 17.7. The highest BCUT2D eigenvalue weighted by molar-refractivity contribution is 5.86. The molecule has 0 bridgehead atoms. The zero-order chi connectivity index (χ0) is 26.3. The van der Waals surface area contributed by atoms with E-state index in [2.05, 4.69) is 25.4 Å². The number of rotatable bonds is 5. The molecule has 0 radical (unpaired) electrons. The highest BCUT2D eigenvalue weighted by Gasteiger charge is 2.38. The quantitative estimate of drug-likeness (QED) is 0.530. The summed E-state index contributed by atoms with van der Waals surface area (Å²) < 4.78 is 42.6. The van der Waals surface area contributed by atoms with Crippen LogP contribution in [0.25, 0.3) is 11.2 Å². The Labute approximate surface area is 213 Å². The number of hydrazine groups is 1. The minimum absolute atomic E-state index is 0.00834. The van der Waals surface area contributed by atoms with Crippen LogP contribution in [0.4, 0.5) is 25.0 Å². The molecular weight excluding hydrogens is 482 g/mol. The topological polar surface area (TPSA) is 83.4 Å². The fraction of sp³-hybridized carbons (Fsp3) is 0.385. The van der Waals surface area contributed by atoms with Gasteiger partial charge in [0, 0.05) is 49.2 Å². The molecule has 2 aliphatic heterocycles. The molecule has 9 nitrogen and oxygen atoms in total. The zero-order valence-corrected chi connectivity index (χ0v) is 21.3. The molecule has 2 aliphatic rings. The van der Waals surface area contributed by atoms with Gasteiger partial charge in [0.15, 0.2) is 0 Å². The Balaban J connectivity index is 1.51. The molecule has 4 heterocycles. The molecule has 0 spiro atoms. The third-order valence-corrected chi connectivity index (χ3v) is 7.11. The van der Waals surface area contributed by atoms with Crippen molar-refractivity contribution in [3.63, 3.8) is 0 Å². The van der Waals surface area contributed by atoms with Crippen molar-refractivity contribution in [3.05, 3.63) is 59.4 Å². The highest BCUT2D eigenvalue weighted by Crippen LogP contribution is 2.42. The maximum Gasteiger partial charge on any atom is 0.411 e. The molecule has 0 atom stereocenters. The van der Waals surface area contributed by atoms with Crippen molar-refractivity contribution in [2.24, 2.45) is 0 Å². The molecule has 11 heteroatoms. The van der Waals surface area contributed by atoms with Gasteiger partial charge in [-0.1, -0.05) is 0 Å². The Morgan fingerprint density at radius 1 is 1.22 bits per heavy atom. The number of carbonyl (C=O) groups is 1. The average molecular weight is 513 g/mol. The van der Waals surface area contributed by atoms with E-state index in [0.29, 0.717) is 60.7 Å². The number of hydrogen-bond donors (Lipinski definition) is 2. The number of piperidine rings is 1. The first-order chi connectivity index (χ1) is 17.7. The second-order valence-corrected chi connectivity index (χ2v) is 9.49. The number of methoxy groups -OCH3 is 2. The van der Waals surface area contributed by atoms with Crippen LogP contribution in [-0.2, 0) is 10.4 Å². The van der Waals surface area contributed by atoms with Crippen LogP contribution in [0.1, 0.15) is 29.7 Å². The van der Waals surface area contributed by atoms with E-state index < -0.39 is 17.6 Å². The van der Waals surface area contributed by atoms with Crippen molar-refractivity contribution >= 4 is 28.7 Å². The molecular formula is C26H30F2N6O3. The van der Waals surface area contributed by atoms with Gasteiger partial charge in [-0.05, 0) is 44.5 Å². The minimum Gasteiger partial charge on any atom is -0.496 e.